The number of nitrogens with zero attached hydrogens (tertiary/aromatic N) is 3. The van der Waals surface area contributed by atoms with Crippen LogP contribution in [0, 0.1) is 5.82 Å². The lowest BCUT2D eigenvalue weighted by Crippen LogP contribution is -1.99. The first-order valence-corrected chi connectivity index (χ1v) is 12.7. The number of aromatic amines is 2. The largest absolute Gasteiger partial charge is 0.358 e. The van der Waals surface area contributed by atoms with E-state index >= 15 is 0 Å². The van der Waals surface area contributed by atoms with Gasteiger partial charge in [0.05, 0.1) is 35.0 Å². The standard InChI is InChI=1S/C31H27FN6/c1-3-4-8-19(2)35-21-13-20(16-33-17-21)28-15-25-30(18-34-28)37-38-31(25)29-14-24-22(10-7-12-27(24)36-29)23-9-5-6-11-26(23)32/h5-7,9-18,35-36H,2-4,8H2,1H3,(H,37,38). The molecule has 0 amide bonds. The van der Waals surface area contributed by atoms with Crippen molar-refractivity contribution < 1.29 is 4.39 Å². The highest BCUT2D eigenvalue weighted by molar-refractivity contribution is 6.01. The van der Waals surface area contributed by atoms with Gasteiger partial charge in [-0.3, -0.25) is 15.1 Å². The molecule has 6 aromatic rings. The Morgan fingerprint density at radius 1 is 0.947 bits per heavy atom. The van der Waals surface area contributed by atoms with Gasteiger partial charge in [0.1, 0.15) is 11.5 Å². The first kappa shape index (κ1) is 23.6. The van der Waals surface area contributed by atoms with E-state index in [4.69, 9.17) is 0 Å². The Bertz CT molecular complexity index is 1780. The second-order valence-corrected chi connectivity index (χ2v) is 9.41. The highest BCUT2D eigenvalue weighted by atomic mass is 19.1. The molecule has 0 fully saturated rings. The number of aromatic nitrogens is 5. The van der Waals surface area contributed by atoms with Crippen molar-refractivity contribution >= 4 is 27.5 Å². The molecule has 0 saturated carbocycles. The summed E-state index contributed by atoms with van der Waals surface area (Å²) in [5.74, 6) is -0.247. The molecule has 0 aliphatic rings. The molecule has 4 heterocycles. The summed E-state index contributed by atoms with van der Waals surface area (Å²) in [5, 5.41) is 12.9. The van der Waals surface area contributed by atoms with Crippen molar-refractivity contribution in [1.82, 2.24) is 25.1 Å². The third kappa shape index (κ3) is 4.43. The molecule has 6 rings (SSSR count). The summed E-state index contributed by atoms with van der Waals surface area (Å²) in [6, 6.07) is 18.8. The van der Waals surface area contributed by atoms with E-state index in [1.807, 2.05) is 42.5 Å². The van der Waals surface area contributed by atoms with E-state index in [2.05, 4.69) is 44.0 Å². The Morgan fingerprint density at radius 2 is 1.82 bits per heavy atom. The van der Waals surface area contributed by atoms with Gasteiger partial charge in [0.25, 0.3) is 0 Å². The topological polar surface area (TPSA) is 82.3 Å². The van der Waals surface area contributed by atoms with E-state index in [9.17, 15) is 4.39 Å². The van der Waals surface area contributed by atoms with Gasteiger partial charge in [-0.15, -0.1) is 0 Å². The second-order valence-electron chi connectivity index (χ2n) is 9.41. The summed E-state index contributed by atoms with van der Waals surface area (Å²) in [6.45, 7) is 6.29. The number of allylic oxidation sites excluding steroid dienone is 1. The molecule has 3 N–H and O–H groups in total. The number of rotatable bonds is 8. The molecule has 0 radical (unpaired) electrons. The molecule has 0 unspecified atom stereocenters. The van der Waals surface area contributed by atoms with Crippen LogP contribution in [0.1, 0.15) is 26.2 Å². The van der Waals surface area contributed by atoms with Crippen LogP contribution in [-0.4, -0.2) is 25.1 Å². The normalized spacial score (nSPS) is 11.3. The minimum absolute atomic E-state index is 0.247. The molecule has 4 aromatic heterocycles. The lowest BCUT2D eigenvalue weighted by molar-refractivity contribution is 0.631. The number of pyridine rings is 2. The molecule has 0 atom stereocenters. The van der Waals surface area contributed by atoms with E-state index in [-0.39, 0.29) is 5.82 Å². The molecular weight excluding hydrogens is 475 g/mol. The Hall–Kier alpha value is -4.78. The zero-order valence-corrected chi connectivity index (χ0v) is 21.1. The maximum Gasteiger partial charge on any atom is 0.131 e. The van der Waals surface area contributed by atoms with Crippen LogP contribution in [0.4, 0.5) is 10.1 Å². The van der Waals surface area contributed by atoms with Crippen LogP contribution in [0.15, 0.2) is 91.5 Å². The summed E-state index contributed by atoms with van der Waals surface area (Å²) in [7, 11) is 0. The molecule has 0 spiro atoms. The Morgan fingerprint density at radius 3 is 2.68 bits per heavy atom. The SMILES string of the molecule is C=C(CCCC)Nc1cncc(-c2cc3c(-c4cc5c(-c6ccccc6F)cccc5[nH]4)n[nH]c3cn2)c1. The van der Waals surface area contributed by atoms with E-state index in [0.29, 0.717) is 5.56 Å². The van der Waals surface area contributed by atoms with Gasteiger partial charge in [-0.2, -0.15) is 5.10 Å². The third-order valence-electron chi connectivity index (χ3n) is 6.72. The summed E-state index contributed by atoms with van der Waals surface area (Å²) in [6.07, 6.45) is 8.52. The van der Waals surface area contributed by atoms with Crippen molar-refractivity contribution in [3.8, 4) is 33.8 Å². The highest BCUT2D eigenvalue weighted by Crippen LogP contribution is 2.35. The molecule has 188 valence electrons. The highest BCUT2D eigenvalue weighted by Gasteiger charge is 2.16. The van der Waals surface area contributed by atoms with Crippen molar-refractivity contribution in [2.45, 2.75) is 26.2 Å². The van der Waals surface area contributed by atoms with Crippen LogP contribution in [0.25, 0.3) is 55.6 Å². The average molecular weight is 503 g/mol. The van der Waals surface area contributed by atoms with Gasteiger partial charge in [-0.1, -0.05) is 50.3 Å². The summed E-state index contributed by atoms with van der Waals surface area (Å²) in [5.41, 5.74) is 8.30. The first-order valence-electron chi connectivity index (χ1n) is 12.7. The lowest BCUT2D eigenvalue weighted by Gasteiger charge is -2.10. The van der Waals surface area contributed by atoms with Gasteiger partial charge in [0.15, 0.2) is 0 Å². The number of hydrogen-bond acceptors (Lipinski definition) is 4. The number of anilines is 1. The van der Waals surface area contributed by atoms with Gasteiger partial charge in [0.2, 0.25) is 0 Å². The molecular formula is C31H27FN6. The summed E-state index contributed by atoms with van der Waals surface area (Å²) >= 11 is 0. The summed E-state index contributed by atoms with van der Waals surface area (Å²) in [4.78, 5) is 12.5. The molecule has 2 aromatic carbocycles. The minimum atomic E-state index is -0.247. The van der Waals surface area contributed by atoms with Crippen LogP contribution in [-0.2, 0) is 0 Å². The quantitative estimate of drug-likeness (QED) is 0.196. The monoisotopic (exact) mass is 502 g/mol. The molecule has 0 aliphatic heterocycles. The fraction of sp³-hybridized carbons (Fsp3) is 0.129. The molecule has 0 saturated heterocycles. The van der Waals surface area contributed by atoms with E-state index < -0.39 is 0 Å². The molecule has 0 bridgehead atoms. The van der Waals surface area contributed by atoms with Crippen LogP contribution in [0.2, 0.25) is 0 Å². The van der Waals surface area contributed by atoms with Crippen molar-refractivity contribution in [2.24, 2.45) is 0 Å². The zero-order chi connectivity index (χ0) is 26.1. The number of H-pyrrole nitrogens is 2. The number of hydrogen-bond donors (Lipinski definition) is 3. The van der Waals surface area contributed by atoms with Gasteiger partial charge in [0, 0.05) is 39.3 Å². The second kappa shape index (κ2) is 9.94. The van der Waals surface area contributed by atoms with Crippen LogP contribution in [0.3, 0.4) is 0 Å². The maximum atomic E-state index is 14.6. The number of benzene rings is 2. The molecule has 7 heteroatoms. The average Bonchev–Trinajstić information content (AvgIpc) is 3.56. The first-order chi connectivity index (χ1) is 18.6. The molecule has 6 nitrogen and oxygen atoms in total. The number of fused-ring (bicyclic) bond motifs is 2. The summed E-state index contributed by atoms with van der Waals surface area (Å²) < 4.78 is 14.6. The third-order valence-corrected chi connectivity index (χ3v) is 6.72. The van der Waals surface area contributed by atoms with E-state index in [1.54, 1.807) is 30.7 Å². The van der Waals surface area contributed by atoms with Crippen molar-refractivity contribution in [3.63, 3.8) is 0 Å². The molecule has 38 heavy (non-hydrogen) atoms. The number of nitrogens with one attached hydrogen (secondary N) is 3. The predicted octanol–water partition coefficient (Wildman–Crippen LogP) is 8.09. The van der Waals surface area contributed by atoms with Gasteiger partial charge in [-0.05, 0) is 48.7 Å². The Labute approximate surface area is 219 Å². The van der Waals surface area contributed by atoms with Crippen molar-refractivity contribution in [1.29, 1.82) is 0 Å². The Kier molecular flexibility index (Phi) is 6.17. The number of halogens is 1. The molecule has 0 aliphatic carbocycles. The van der Waals surface area contributed by atoms with Crippen molar-refractivity contribution in [3.05, 3.63) is 97.3 Å². The lowest BCUT2D eigenvalue weighted by atomic mass is 10.0. The van der Waals surface area contributed by atoms with Gasteiger partial charge >= 0.3 is 0 Å². The fourth-order valence-corrected chi connectivity index (χ4v) is 4.78. The smallest absolute Gasteiger partial charge is 0.131 e. The van der Waals surface area contributed by atoms with Crippen LogP contribution >= 0.6 is 0 Å². The van der Waals surface area contributed by atoms with Crippen molar-refractivity contribution in [2.75, 3.05) is 5.32 Å². The van der Waals surface area contributed by atoms with Gasteiger partial charge < -0.3 is 10.3 Å². The maximum absolute atomic E-state index is 14.6. The van der Waals surface area contributed by atoms with E-state index in [1.165, 1.54) is 6.07 Å². The predicted molar refractivity (Wildman–Crippen MR) is 152 cm³/mol. The van der Waals surface area contributed by atoms with Gasteiger partial charge in [-0.25, -0.2) is 4.39 Å². The van der Waals surface area contributed by atoms with E-state index in [0.717, 1.165) is 80.7 Å². The minimum Gasteiger partial charge on any atom is -0.358 e. The zero-order valence-electron chi connectivity index (χ0n) is 21.1. The van der Waals surface area contributed by atoms with Crippen LogP contribution in [0.5, 0.6) is 0 Å². The van der Waals surface area contributed by atoms with Crippen LogP contribution < -0.4 is 5.32 Å². The fourth-order valence-electron chi connectivity index (χ4n) is 4.78. The Balaban J connectivity index is 1.38. The number of unbranched alkanes of at least 4 members (excludes halogenated alkanes) is 1.